The summed E-state index contributed by atoms with van der Waals surface area (Å²) in [6, 6.07) is 0. The molecule has 0 aromatic heterocycles. The Balaban J connectivity index is 3.69. The molecule has 0 amide bonds. The van der Waals surface area contributed by atoms with Gasteiger partial charge in [-0.1, -0.05) is 11.6 Å². The second-order valence-electron chi connectivity index (χ2n) is 2.34. The van der Waals surface area contributed by atoms with E-state index in [1.807, 2.05) is 0 Å². The fourth-order valence-corrected chi connectivity index (χ4v) is 1.00. The minimum Gasteiger partial charge on any atom is -0.232 e. The maximum Gasteiger partial charge on any atom is 0.261 e. The molecule has 0 heterocycles. The number of hydrogen-bond donors (Lipinski definition) is 0. The molecule has 0 bridgehead atoms. The van der Waals surface area contributed by atoms with Crippen molar-refractivity contribution in [2.45, 2.75) is 6.92 Å². The molecule has 1 nitrogen and oxygen atoms in total. The van der Waals surface area contributed by atoms with E-state index in [9.17, 15) is 13.2 Å². The Morgan fingerprint density at radius 2 is 1.69 bits per heavy atom. The van der Waals surface area contributed by atoms with Gasteiger partial charge in [0.05, 0.1) is 11.6 Å². The van der Waals surface area contributed by atoms with E-state index in [0.29, 0.717) is 0 Å². The van der Waals surface area contributed by atoms with Gasteiger partial charge in [0.1, 0.15) is 0 Å². The van der Waals surface area contributed by atoms with E-state index in [1.165, 1.54) is 0 Å². The number of nitrogens with zero attached hydrogens (tertiary/aromatic N) is 1. The Morgan fingerprint density at radius 3 is 2.15 bits per heavy atom. The van der Waals surface area contributed by atoms with Crippen LogP contribution in [0, 0.1) is 30.9 Å². The minimum absolute atomic E-state index is 0.330. The van der Waals surface area contributed by atoms with Gasteiger partial charge in [0.15, 0.2) is 17.5 Å². The minimum atomic E-state index is -1.49. The van der Waals surface area contributed by atoms with Gasteiger partial charge in [-0.25, -0.2) is 18.0 Å². The largest absolute Gasteiger partial charge is 0.261 e. The SMILES string of the molecule is [C-]#[N+]c1c(F)c(F)c(C)c(Cl)c1F. The number of halogens is 4. The molecule has 0 saturated carbocycles. The molecule has 0 atom stereocenters. The number of hydrogen-bond acceptors (Lipinski definition) is 0. The molecule has 5 heteroatoms. The second-order valence-corrected chi connectivity index (χ2v) is 2.72. The maximum atomic E-state index is 13.0. The number of rotatable bonds is 0. The molecule has 0 aliphatic heterocycles. The summed E-state index contributed by atoms with van der Waals surface area (Å²) in [6.07, 6.45) is 0. The highest BCUT2D eigenvalue weighted by Crippen LogP contribution is 2.33. The summed E-state index contributed by atoms with van der Waals surface area (Å²) in [4.78, 5) is 2.51. The van der Waals surface area contributed by atoms with Gasteiger partial charge in [0.2, 0.25) is 0 Å². The second kappa shape index (κ2) is 3.27. The standard InChI is InChI=1S/C8H3ClF3N/c1-3-4(9)6(11)8(13-2)7(12)5(3)10/h1H3. The summed E-state index contributed by atoms with van der Waals surface area (Å²) in [5.41, 5.74) is -1.34. The molecule has 1 aromatic rings. The van der Waals surface area contributed by atoms with E-state index in [4.69, 9.17) is 18.2 Å². The van der Waals surface area contributed by atoms with Crippen LogP contribution in [0.3, 0.4) is 0 Å². The molecule has 0 aliphatic rings. The number of benzene rings is 1. The lowest BCUT2D eigenvalue weighted by Crippen LogP contribution is -1.94. The predicted molar refractivity (Wildman–Crippen MR) is 42.3 cm³/mol. The van der Waals surface area contributed by atoms with Crippen molar-refractivity contribution in [1.82, 2.24) is 0 Å². The van der Waals surface area contributed by atoms with Gasteiger partial charge in [0.25, 0.3) is 5.69 Å². The molecule has 0 aliphatic carbocycles. The highest BCUT2D eigenvalue weighted by molar-refractivity contribution is 6.31. The first-order valence-corrected chi connectivity index (χ1v) is 3.58. The van der Waals surface area contributed by atoms with Gasteiger partial charge in [-0.15, -0.1) is 0 Å². The van der Waals surface area contributed by atoms with E-state index in [2.05, 4.69) is 4.85 Å². The van der Waals surface area contributed by atoms with Crippen molar-refractivity contribution < 1.29 is 13.2 Å². The fourth-order valence-electron chi connectivity index (χ4n) is 0.828. The van der Waals surface area contributed by atoms with Crippen LogP contribution in [-0.2, 0) is 0 Å². The molecular formula is C8H3ClF3N. The Morgan fingerprint density at radius 1 is 1.15 bits per heavy atom. The molecule has 0 saturated heterocycles. The van der Waals surface area contributed by atoms with Gasteiger partial charge in [0, 0.05) is 5.56 Å². The third kappa shape index (κ3) is 1.36. The Kier molecular flexibility index (Phi) is 2.48. The predicted octanol–water partition coefficient (Wildman–Crippen LogP) is 3.62. The van der Waals surface area contributed by atoms with Gasteiger partial charge in [-0.3, -0.25) is 0 Å². The van der Waals surface area contributed by atoms with Crippen LogP contribution in [0.4, 0.5) is 18.9 Å². The molecule has 0 unspecified atom stereocenters. The zero-order chi connectivity index (χ0) is 10.2. The van der Waals surface area contributed by atoms with Crippen molar-refractivity contribution in [3.8, 4) is 0 Å². The summed E-state index contributed by atoms with van der Waals surface area (Å²) < 4.78 is 38.6. The summed E-state index contributed by atoms with van der Waals surface area (Å²) in [6.45, 7) is 7.55. The van der Waals surface area contributed by atoms with Crippen LogP contribution in [0.15, 0.2) is 0 Å². The third-order valence-corrected chi connectivity index (χ3v) is 2.02. The van der Waals surface area contributed by atoms with Crippen LogP contribution in [0.2, 0.25) is 5.02 Å². The van der Waals surface area contributed by atoms with Crippen molar-refractivity contribution in [2.24, 2.45) is 0 Å². The lowest BCUT2D eigenvalue weighted by atomic mass is 10.2. The maximum absolute atomic E-state index is 13.0. The smallest absolute Gasteiger partial charge is 0.232 e. The first-order chi connectivity index (χ1) is 6.00. The third-order valence-electron chi connectivity index (χ3n) is 1.57. The lowest BCUT2D eigenvalue weighted by molar-refractivity contribution is 0.495. The molecule has 0 spiro atoms. The molecule has 68 valence electrons. The van der Waals surface area contributed by atoms with Crippen LogP contribution >= 0.6 is 11.6 Å². The first kappa shape index (κ1) is 9.87. The molecule has 0 radical (unpaired) electrons. The van der Waals surface area contributed by atoms with Crippen molar-refractivity contribution >= 4 is 17.3 Å². The average molecular weight is 206 g/mol. The van der Waals surface area contributed by atoms with E-state index < -0.39 is 28.2 Å². The summed E-state index contributed by atoms with van der Waals surface area (Å²) >= 11 is 5.31. The van der Waals surface area contributed by atoms with Gasteiger partial charge < -0.3 is 0 Å². The van der Waals surface area contributed by atoms with E-state index >= 15 is 0 Å². The van der Waals surface area contributed by atoms with Crippen LogP contribution < -0.4 is 0 Å². The van der Waals surface area contributed by atoms with Crippen molar-refractivity contribution in [2.75, 3.05) is 0 Å². The molecule has 0 N–H and O–H groups in total. The summed E-state index contributed by atoms with van der Waals surface area (Å²) in [5.74, 6) is -3.99. The normalized spacial score (nSPS) is 9.85. The van der Waals surface area contributed by atoms with E-state index in [1.54, 1.807) is 0 Å². The van der Waals surface area contributed by atoms with Crippen LogP contribution in [0.25, 0.3) is 4.85 Å². The zero-order valence-corrected chi connectivity index (χ0v) is 7.22. The van der Waals surface area contributed by atoms with Crippen LogP contribution in [-0.4, -0.2) is 0 Å². The summed E-state index contributed by atoms with van der Waals surface area (Å²) in [7, 11) is 0. The van der Waals surface area contributed by atoms with E-state index in [-0.39, 0.29) is 5.56 Å². The highest BCUT2D eigenvalue weighted by atomic mass is 35.5. The van der Waals surface area contributed by atoms with Gasteiger partial charge in [-0.05, 0) is 6.92 Å². The monoisotopic (exact) mass is 205 g/mol. The van der Waals surface area contributed by atoms with Gasteiger partial charge in [-0.2, -0.15) is 0 Å². The Labute approximate surface area is 77.6 Å². The topological polar surface area (TPSA) is 4.36 Å². The molecule has 1 rings (SSSR count). The molecule has 13 heavy (non-hydrogen) atoms. The fraction of sp³-hybridized carbons (Fsp3) is 0.125. The Hall–Kier alpha value is -1.21. The quantitative estimate of drug-likeness (QED) is 0.450. The summed E-state index contributed by atoms with van der Waals surface area (Å²) in [5, 5.41) is -0.551. The average Bonchev–Trinajstić information content (AvgIpc) is 2.13. The van der Waals surface area contributed by atoms with Crippen molar-refractivity contribution in [1.29, 1.82) is 0 Å². The molecule has 1 aromatic carbocycles. The highest BCUT2D eigenvalue weighted by Gasteiger charge is 2.21. The zero-order valence-electron chi connectivity index (χ0n) is 6.46. The Bertz CT molecular complexity index is 380. The van der Waals surface area contributed by atoms with Crippen molar-refractivity contribution in [3.63, 3.8) is 0 Å². The molecule has 0 fully saturated rings. The first-order valence-electron chi connectivity index (χ1n) is 3.20. The van der Waals surface area contributed by atoms with Gasteiger partial charge >= 0.3 is 0 Å². The van der Waals surface area contributed by atoms with Crippen LogP contribution in [0.1, 0.15) is 5.56 Å². The molecular weight excluding hydrogens is 203 g/mol. The lowest BCUT2D eigenvalue weighted by Gasteiger charge is -2.04. The van der Waals surface area contributed by atoms with Crippen molar-refractivity contribution in [3.05, 3.63) is 39.5 Å². The van der Waals surface area contributed by atoms with E-state index in [0.717, 1.165) is 6.92 Å². The van der Waals surface area contributed by atoms with Crippen LogP contribution in [0.5, 0.6) is 0 Å².